The van der Waals surface area contributed by atoms with Crippen LogP contribution in [0, 0.1) is 5.82 Å². The van der Waals surface area contributed by atoms with Crippen LogP contribution in [0.25, 0.3) is 0 Å². The van der Waals surface area contributed by atoms with Gasteiger partial charge in [-0.1, -0.05) is 12.1 Å². The number of hydrogen-bond donors (Lipinski definition) is 0. The Morgan fingerprint density at radius 1 is 1.10 bits per heavy atom. The maximum Gasteiger partial charge on any atom is 0.416 e. The summed E-state index contributed by atoms with van der Waals surface area (Å²) in [4.78, 5) is 11.6. The number of ether oxygens (including phenoxy) is 2. The SMILES string of the molecule is O=C(OCc1cccc(C(F)(F)F)c1)c1ccc(F)c(S(=O)(=O)N2CCOCC2)c1. The molecule has 0 bridgehead atoms. The normalized spacial score (nSPS) is 15.7. The molecule has 1 aliphatic rings. The molecular formula is C19H17F4NO5S. The Hall–Kier alpha value is -2.50. The Kier molecular flexibility index (Phi) is 6.44. The zero-order valence-electron chi connectivity index (χ0n) is 15.5. The van der Waals surface area contributed by atoms with E-state index in [-0.39, 0.29) is 37.4 Å². The Bertz CT molecular complexity index is 1030. The van der Waals surface area contributed by atoms with Crippen LogP contribution in [0.15, 0.2) is 47.4 Å². The topological polar surface area (TPSA) is 72.9 Å². The van der Waals surface area contributed by atoms with Gasteiger partial charge in [0.1, 0.15) is 17.3 Å². The standard InChI is InChI=1S/C19H17F4NO5S/c20-16-5-4-14(11-17(16)30(26,27)24-6-8-28-9-7-24)18(25)29-12-13-2-1-3-15(10-13)19(21,22)23/h1-5,10-11H,6-9,12H2. The number of carbonyl (C=O) groups is 1. The predicted molar refractivity (Wildman–Crippen MR) is 96.5 cm³/mol. The Balaban J connectivity index is 1.77. The minimum atomic E-state index is -4.54. The number of hydrogen-bond acceptors (Lipinski definition) is 5. The fourth-order valence-electron chi connectivity index (χ4n) is 2.82. The van der Waals surface area contributed by atoms with E-state index in [0.29, 0.717) is 0 Å². The second kappa shape index (κ2) is 8.70. The van der Waals surface area contributed by atoms with E-state index in [1.165, 1.54) is 12.1 Å². The van der Waals surface area contributed by atoms with Crippen LogP contribution in [0.3, 0.4) is 0 Å². The third kappa shape index (κ3) is 4.97. The van der Waals surface area contributed by atoms with Crippen LogP contribution >= 0.6 is 0 Å². The lowest BCUT2D eigenvalue weighted by atomic mass is 10.1. The number of sulfonamides is 1. The highest BCUT2D eigenvalue weighted by Crippen LogP contribution is 2.29. The molecular weight excluding hydrogens is 430 g/mol. The zero-order valence-corrected chi connectivity index (χ0v) is 16.3. The highest BCUT2D eigenvalue weighted by molar-refractivity contribution is 7.89. The van der Waals surface area contributed by atoms with E-state index < -0.39 is 45.1 Å². The molecule has 2 aromatic rings. The molecule has 162 valence electrons. The van der Waals surface area contributed by atoms with Gasteiger partial charge in [0.15, 0.2) is 0 Å². The quantitative estimate of drug-likeness (QED) is 0.520. The molecule has 0 atom stereocenters. The van der Waals surface area contributed by atoms with Crippen molar-refractivity contribution >= 4 is 16.0 Å². The summed E-state index contributed by atoms with van der Waals surface area (Å²) in [5.41, 5.74) is -1.03. The van der Waals surface area contributed by atoms with Crippen molar-refractivity contribution in [2.24, 2.45) is 0 Å². The van der Waals surface area contributed by atoms with Crippen LogP contribution < -0.4 is 0 Å². The van der Waals surface area contributed by atoms with Crippen molar-refractivity contribution in [2.45, 2.75) is 17.7 Å². The first-order valence-electron chi connectivity index (χ1n) is 8.80. The molecule has 1 saturated heterocycles. The maximum absolute atomic E-state index is 14.2. The lowest BCUT2D eigenvalue weighted by Gasteiger charge is -2.26. The van der Waals surface area contributed by atoms with E-state index in [1.54, 1.807) is 0 Å². The summed E-state index contributed by atoms with van der Waals surface area (Å²) in [6.07, 6.45) is -4.54. The second-order valence-corrected chi connectivity index (χ2v) is 8.34. The molecule has 1 heterocycles. The molecule has 0 saturated carbocycles. The molecule has 1 fully saturated rings. The molecule has 3 rings (SSSR count). The summed E-state index contributed by atoms with van der Waals surface area (Å²) in [7, 11) is -4.19. The molecule has 0 spiro atoms. The van der Waals surface area contributed by atoms with Gasteiger partial charge in [-0.15, -0.1) is 0 Å². The van der Waals surface area contributed by atoms with Crippen LogP contribution in [-0.2, 0) is 32.3 Å². The Morgan fingerprint density at radius 3 is 2.47 bits per heavy atom. The minimum absolute atomic E-state index is 0.0476. The highest BCUT2D eigenvalue weighted by Gasteiger charge is 2.31. The molecule has 0 amide bonds. The fraction of sp³-hybridized carbons (Fsp3) is 0.316. The lowest BCUT2D eigenvalue weighted by Crippen LogP contribution is -2.41. The average molecular weight is 447 g/mol. The second-order valence-electron chi connectivity index (χ2n) is 6.44. The number of rotatable bonds is 5. The van der Waals surface area contributed by atoms with E-state index >= 15 is 0 Å². The van der Waals surface area contributed by atoms with E-state index in [4.69, 9.17) is 9.47 Å². The number of carbonyl (C=O) groups excluding carboxylic acids is 1. The van der Waals surface area contributed by atoms with Crippen LogP contribution in [0.4, 0.5) is 17.6 Å². The van der Waals surface area contributed by atoms with Gasteiger partial charge in [-0.05, 0) is 35.9 Å². The van der Waals surface area contributed by atoms with Gasteiger partial charge in [-0.25, -0.2) is 17.6 Å². The third-order valence-electron chi connectivity index (χ3n) is 4.38. The molecule has 30 heavy (non-hydrogen) atoms. The van der Waals surface area contributed by atoms with Gasteiger partial charge in [0, 0.05) is 13.1 Å². The minimum Gasteiger partial charge on any atom is -0.457 e. The fourth-order valence-corrected chi connectivity index (χ4v) is 4.32. The van der Waals surface area contributed by atoms with Crippen LogP contribution in [-0.4, -0.2) is 45.0 Å². The van der Waals surface area contributed by atoms with Crippen LogP contribution in [0.2, 0.25) is 0 Å². The van der Waals surface area contributed by atoms with E-state index in [2.05, 4.69) is 0 Å². The first-order valence-corrected chi connectivity index (χ1v) is 10.2. The smallest absolute Gasteiger partial charge is 0.416 e. The van der Waals surface area contributed by atoms with Gasteiger partial charge >= 0.3 is 12.1 Å². The predicted octanol–water partition coefficient (Wildman–Crippen LogP) is 3.22. The molecule has 0 N–H and O–H groups in total. The first-order chi connectivity index (χ1) is 14.1. The van der Waals surface area contributed by atoms with Gasteiger partial charge < -0.3 is 9.47 Å². The number of benzene rings is 2. The van der Waals surface area contributed by atoms with Gasteiger partial charge in [0.2, 0.25) is 10.0 Å². The first kappa shape index (κ1) is 22.2. The maximum atomic E-state index is 14.2. The summed E-state index contributed by atoms with van der Waals surface area (Å²) in [6, 6.07) is 6.98. The van der Waals surface area contributed by atoms with Crippen molar-refractivity contribution in [1.82, 2.24) is 4.31 Å². The van der Waals surface area contributed by atoms with Gasteiger partial charge in [0.25, 0.3) is 0 Å². The summed E-state index contributed by atoms with van der Waals surface area (Å²) in [5.74, 6) is -2.03. The number of halogens is 4. The van der Waals surface area contributed by atoms with Gasteiger partial charge in [-0.2, -0.15) is 17.5 Å². The van der Waals surface area contributed by atoms with Crippen molar-refractivity contribution in [3.05, 3.63) is 65.0 Å². The molecule has 1 aliphatic heterocycles. The van der Waals surface area contributed by atoms with Crippen LogP contribution in [0.1, 0.15) is 21.5 Å². The Morgan fingerprint density at radius 2 is 1.80 bits per heavy atom. The molecule has 0 aliphatic carbocycles. The van der Waals surface area contributed by atoms with E-state index in [1.807, 2.05) is 0 Å². The summed E-state index contributed by atoms with van der Waals surface area (Å²) < 4.78 is 88.9. The lowest BCUT2D eigenvalue weighted by molar-refractivity contribution is -0.137. The van der Waals surface area contributed by atoms with Crippen molar-refractivity contribution in [1.29, 1.82) is 0 Å². The van der Waals surface area contributed by atoms with Crippen molar-refractivity contribution < 1.29 is 40.2 Å². The zero-order chi connectivity index (χ0) is 21.9. The van der Waals surface area contributed by atoms with Crippen molar-refractivity contribution in [2.75, 3.05) is 26.3 Å². The van der Waals surface area contributed by atoms with E-state index in [9.17, 15) is 30.8 Å². The molecule has 0 radical (unpaired) electrons. The molecule has 6 nitrogen and oxygen atoms in total. The summed E-state index contributed by atoms with van der Waals surface area (Å²) in [6.45, 7) is -0.0389. The van der Waals surface area contributed by atoms with Crippen molar-refractivity contribution in [3.63, 3.8) is 0 Å². The van der Waals surface area contributed by atoms with Crippen molar-refractivity contribution in [3.8, 4) is 0 Å². The molecule has 11 heteroatoms. The molecule has 2 aromatic carbocycles. The molecule has 0 unspecified atom stereocenters. The van der Waals surface area contributed by atoms with Gasteiger partial charge in [0.05, 0.1) is 24.3 Å². The summed E-state index contributed by atoms with van der Waals surface area (Å²) >= 11 is 0. The van der Waals surface area contributed by atoms with E-state index in [0.717, 1.165) is 34.6 Å². The largest absolute Gasteiger partial charge is 0.457 e. The Labute approximate surface area is 170 Å². The van der Waals surface area contributed by atoms with Gasteiger partial charge in [-0.3, -0.25) is 0 Å². The highest BCUT2D eigenvalue weighted by atomic mass is 32.2. The number of morpholine rings is 1. The third-order valence-corrected chi connectivity index (χ3v) is 6.29. The molecule has 0 aromatic heterocycles. The summed E-state index contributed by atoms with van der Waals surface area (Å²) in [5, 5.41) is 0. The van der Waals surface area contributed by atoms with Crippen LogP contribution in [0.5, 0.6) is 0 Å². The monoisotopic (exact) mass is 447 g/mol. The number of esters is 1. The number of alkyl halides is 3. The average Bonchev–Trinajstić information content (AvgIpc) is 2.72. The number of nitrogens with zero attached hydrogens (tertiary/aromatic N) is 1.